The molecule has 1 heterocycles. The van der Waals surface area contributed by atoms with Crippen molar-refractivity contribution in [2.75, 3.05) is 5.32 Å². The van der Waals surface area contributed by atoms with Gasteiger partial charge in [-0.3, -0.25) is 4.79 Å². The molecule has 0 radical (unpaired) electrons. The van der Waals surface area contributed by atoms with E-state index in [9.17, 15) is 9.18 Å². The SMILES string of the molecule is CC(C)(Sc1ccc(F)cc1)C(=O)Nc1nc(C(C)(C)C)cs1. The van der Waals surface area contributed by atoms with Crippen LogP contribution in [0.2, 0.25) is 0 Å². The minimum Gasteiger partial charge on any atom is -0.301 e. The van der Waals surface area contributed by atoms with Crippen LogP contribution in [0, 0.1) is 5.82 Å². The predicted molar refractivity (Wildman–Crippen MR) is 95.8 cm³/mol. The van der Waals surface area contributed by atoms with Crippen molar-refractivity contribution in [1.82, 2.24) is 4.98 Å². The Labute approximate surface area is 144 Å². The second kappa shape index (κ2) is 6.61. The Morgan fingerprint density at radius 1 is 1.17 bits per heavy atom. The number of amides is 1. The van der Waals surface area contributed by atoms with Crippen LogP contribution in [0.3, 0.4) is 0 Å². The van der Waals surface area contributed by atoms with Crippen molar-refractivity contribution in [3.8, 4) is 0 Å². The summed E-state index contributed by atoms with van der Waals surface area (Å²) < 4.78 is 12.3. The number of carbonyl (C=O) groups is 1. The van der Waals surface area contributed by atoms with Crippen LogP contribution in [0.25, 0.3) is 0 Å². The summed E-state index contributed by atoms with van der Waals surface area (Å²) in [5.41, 5.74) is 0.916. The third kappa shape index (κ3) is 4.78. The molecule has 0 aliphatic carbocycles. The van der Waals surface area contributed by atoms with Gasteiger partial charge in [0, 0.05) is 15.7 Å². The number of thiazole rings is 1. The number of anilines is 1. The first-order chi connectivity index (χ1) is 10.6. The lowest BCUT2D eigenvalue weighted by atomic mass is 9.93. The van der Waals surface area contributed by atoms with Gasteiger partial charge < -0.3 is 5.32 Å². The summed E-state index contributed by atoms with van der Waals surface area (Å²) in [7, 11) is 0. The number of rotatable bonds is 4. The highest BCUT2D eigenvalue weighted by molar-refractivity contribution is 8.01. The zero-order valence-electron chi connectivity index (χ0n) is 13.9. The Bertz CT molecular complexity index is 687. The van der Waals surface area contributed by atoms with Crippen molar-refractivity contribution in [1.29, 1.82) is 0 Å². The highest BCUT2D eigenvalue weighted by atomic mass is 32.2. The first kappa shape index (κ1) is 17.9. The topological polar surface area (TPSA) is 42.0 Å². The van der Waals surface area contributed by atoms with E-state index >= 15 is 0 Å². The van der Waals surface area contributed by atoms with Crippen LogP contribution in [0.1, 0.15) is 40.3 Å². The molecular weight excluding hydrogens is 331 g/mol. The molecule has 1 aromatic heterocycles. The van der Waals surface area contributed by atoms with Gasteiger partial charge in [-0.25, -0.2) is 9.37 Å². The average molecular weight is 353 g/mol. The maximum Gasteiger partial charge on any atom is 0.242 e. The van der Waals surface area contributed by atoms with Gasteiger partial charge in [0.25, 0.3) is 0 Å². The van der Waals surface area contributed by atoms with Gasteiger partial charge in [-0.15, -0.1) is 23.1 Å². The van der Waals surface area contributed by atoms with Gasteiger partial charge in [0.1, 0.15) is 5.82 Å². The summed E-state index contributed by atoms with van der Waals surface area (Å²) >= 11 is 2.82. The molecule has 6 heteroatoms. The van der Waals surface area contributed by atoms with Crippen molar-refractivity contribution in [2.45, 2.75) is 49.7 Å². The van der Waals surface area contributed by atoms with E-state index in [0.29, 0.717) is 5.13 Å². The molecule has 1 N–H and O–H groups in total. The van der Waals surface area contributed by atoms with Crippen LogP contribution in [-0.4, -0.2) is 15.6 Å². The van der Waals surface area contributed by atoms with Crippen molar-refractivity contribution >= 4 is 34.1 Å². The van der Waals surface area contributed by atoms with Crippen molar-refractivity contribution in [3.05, 3.63) is 41.2 Å². The van der Waals surface area contributed by atoms with Gasteiger partial charge >= 0.3 is 0 Å². The van der Waals surface area contributed by atoms with E-state index in [-0.39, 0.29) is 17.1 Å². The molecule has 0 bridgehead atoms. The Morgan fingerprint density at radius 3 is 2.30 bits per heavy atom. The molecule has 0 atom stereocenters. The Balaban J connectivity index is 2.06. The molecule has 124 valence electrons. The van der Waals surface area contributed by atoms with E-state index in [0.717, 1.165) is 10.6 Å². The molecule has 0 spiro atoms. The van der Waals surface area contributed by atoms with Crippen molar-refractivity contribution in [2.24, 2.45) is 0 Å². The molecule has 23 heavy (non-hydrogen) atoms. The molecule has 1 amide bonds. The van der Waals surface area contributed by atoms with Gasteiger partial charge in [-0.05, 0) is 38.1 Å². The second-order valence-corrected chi connectivity index (χ2v) is 9.36. The molecule has 2 aromatic rings. The van der Waals surface area contributed by atoms with Gasteiger partial charge in [-0.1, -0.05) is 20.8 Å². The highest BCUT2D eigenvalue weighted by Gasteiger charge is 2.30. The fourth-order valence-electron chi connectivity index (χ4n) is 1.77. The van der Waals surface area contributed by atoms with E-state index in [1.165, 1.54) is 35.2 Å². The van der Waals surface area contributed by atoms with E-state index in [1.54, 1.807) is 12.1 Å². The predicted octanol–water partition coefficient (Wildman–Crippen LogP) is 5.09. The number of halogens is 1. The molecule has 0 saturated carbocycles. The summed E-state index contributed by atoms with van der Waals surface area (Å²) in [6, 6.07) is 6.14. The number of thioether (sulfide) groups is 1. The monoisotopic (exact) mass is 352 g/mol. The molecule has 0 saturated heterocycles. The van der Waals surface area contributed by atoms with Crippen LogP contribution >= 0.6 is 23.1 Å². The van der Waals surface area contributed by atoms with Crippen LogP contribution in [0.5, 0.6) is 0 Å². The Morgan fingerprint density at radius 2 is 1.78 bits per heavy atom. The lowest BCUT2D eigenvalue weighted by Crippen LogP contribution is -2.34. The number of aromatic nitrogens is 1. The number of hydrogen-bond acceptors (Lipinski definition) is 4. The summed E-state index contributed by atoms with van der Waals surface area (Å²) in [6.07, 6.45) is 0. The van der Waals surface area contributed by atoms with E-state index < -0.39 is 4.75 Å². The number of hydrogen-bond donors (Lipinski definition) is 1. The first-order valence-corrected chi connectivity index (χ1v) is 8.99. The van der Waals surface area contributed by atoms with E-state index in [4.69, 9.17) is 0 Å². The molecular formula is C17H21FN2OS2. The minimum atomic E-state index is -0.689. The summed E-state index contributed by atoms with van der Waals surface area (Å²) in [4.78, 5) is 17.9. The quantitative estimate of drug-likeness (QED) is 0.779. The second-order valence-electron chi connectivity index (χ2n) is 6.81. The van der Waals surface area contributed by atoms with Gasteiger partial charge in [0.15, 0.2) is 5.13 Å². The van der Waals surface area contributed by atoms with Crippen molar-refractivity contribution < 1.29 is 9.18 Å². The largest absolute Gasteiger partial charge is 0.301 e. The van der Waals surface area contributed by atoms with Crippen LogP contribution in [0.4, 0.5) is 9.52 Å². The lowest BCUT2D eigenvalue weighted by Gasteiger charge is -2.22. The highest BCUT2D eigenvalue weighted by Crippen LogP contribution is 2.34. The normalized spacial score (nSPS) is 12.3. The Kier molecular flexibility index (Phi) is 5.16. The molecule has 3 nitrogen and oxygen atoms in total. The Hall–Kier alpha value is -1.40. The summed E-state index contributed by atoms with van der Waals surface area (Å²) in [6.45, 7) is 9.94. The van der Waals surface area contributed by atoms with E-state index in [1.807, 2.05) is 19.2 Å². The standard InChI is InChI=1S/C17H21FN2OS2/c1-16(2,3)13-10-22-15(19-13)20-14(21)17(4,5)23-12-8-6-11(18)7-9-12/h6-10H,1-5H3,(H,19,20,21). The van der Waals surface area contributed by atoms with Crippen LogP contribution in [-0.2, 0) is 10.2 Å². The molecule has 0 fully saturated rings. The summed E-state index contributed by atoms with van der Waals surface area (Å²) in [5.74, 6) is -0.407. The zero-order valence-corrected chi connectivity index (χ0v) is 15.6. The average Bonchev–Trinajstić information content (AvgIpc) is 2.89. The lowest BCUT2D eigenvalue weighted by molar-refractivity contribution is -0.117. The van der Waals surface area contributed by atoms with E-state index in [2.05, 4.69) is 31.1 Å². The molecule has 0 aliphatic rings. The maximum atomic E-state index is 13.0. The number of nitrogens with one attached hydrogen (secondary N) is 1. The first-order valence-electron chi connectivity index (χ1n) is 7.30. The smallest absolute Gasteiger partial charge is 0.242 e. The fourth-order valence-corrected chi connectivity index (χ4v) is 3.70. The fraction of sp³-hybridized carbons (Fsp3) is 0.412. The van der Waals surface area contributed by atoms with Crippen LogP contribution < -0.4 is 5.32 Å². The number of carbonyl (C=O) groups excluding carboxylic acids is 1. The van der Waals surface area contributed by atoms with Gasteiger partial charge in [0.05, 0.1) is 10.4 Å². The van der Waals surface area contributed by atoms with Crippen LogP contribution in [0.15, 0.2) is 34.5 Å². The molecule has 2 rings (SSSR count). The molecule has 0 unspecified atom stereocenters. The maximum absolute atomic E-state index is 13.0. The van der Waals surface area contributed by atoms with Crippen molar-refractivity contribution in [3.63, 3.8) is 0 Å². The number of benzene rings is 1. The zero-order chi connectivity index (χ0) is 17.3. The minimum absolute atomic E-state index is 0.0438. The third-order valence-electron chi connectivity index (χ3n) is 3.23. The number of nitrogens with zero attached hydrogens (tertiary/aromatic N) is 1. The van der Waals surface area contributed by atoms with Gasteiger partial charge in [0.2, 0.25) is 5.91 Å². The molecule has 0 aliphatic heterocycles. The summed E-state index contributed by atoms with van der Waals surface area (Å²) in [5, 5.41) is 5.45. The third-order valence-corrected chi connectivity index (χ3v) is 5.19. The molecule has 1 aromatic carbocycles. The van der Waals surface area contributed by atoms with Gasteiger partial charge in [-0.2, -0.15) is 0 Å².